The molecular weight excluding hydrogens is 240 g/mol. The van der Waals surface area contributed by atoms with Crippen molar-refractivity contribution in [2.24, 2.45) is 5.92 Å². The molecule has 0 saturated carbocycles. The third-order valence-electron chi connectivity index (χ3n) is 3.53. The van der Waals surface area contributed by atoms with E-state index in [4.69, 9.17) is 9.47 Å². The van der Waals surface area contributed by atoms with Crippen molar-refractivity contribution in [1.82, 2.24) is 10.3 Å². The normalized spacial score (nSPS) is 19.4. The van der Waals surface area contributed by atoms with Crippen molar-refractivity contribution in [2.45, 2.75) is 32.8 Å². The molecule has 4 nitrogen and oxygen atoms in total. The Morgan fingerprint density at radius 1 is 1.42 bits per heavy atom. The summed E-state index contributed by atoms with van der Waals surface area (Å²) in [6.45, 7) is 5.66. The van der Waals surface area contributed by atoms with Gasteiger partial charge < -0.3 is 14.8 Å². The van der Waals surface area contributed by atoms with Gasteiger partial charge in [-0.1, -0.05) is 0 Å². The van der Waals surface area contributed by atoms with Gasteiger partial charge in [0.05, 0.1) is 19.4 Å². The maximum atomic E-state index is 5.73. The quantitative estimate of drug-likeness (QED) is 0.801. The number of aryl methyl sites for hydroxylation is 1. The van der Waals surface area contributed by atoms with E-state index in [0.29, 0.717) is 6.61 Å². The highest BCUT2D eigenvalue weighted by molar-refractivity contribution is 5.26. The summed E-state index contributed by atoms with van der Waals surface area (Å²) >= 11 is 0. The standard InChI is InChI=1S/C15H24N2O2/c1-12-8-15(18-2)9-14(17-12)11-19-7-5-13-4-3-6-16-10-13/h8-9,13,16H,3-7,10-11H2,1-2H3. The van der Waals surface area contributed by atoms with Crippen LogP contribution in [0, 0.1) is 12.8 Å². The van der Waals surface area contributed by atoms with Crippen LogP contribution in [-0.2, 0) is 11.3 Å². The summed E-state index contributed by atoms with van der Waals surface area (Å²) < 4.78 is 11.0. The van der Waals surface area contributed by atoms with Crippen molar-refractivity contribution in [1.29, 1.82) is 0 Å². The summed E-state index contributed by atoms with van der Waals surface area (Å²) in [5, 5.41) is 3.43. The molecule has 1 saturated heterocycles. The molecule has 4 heteroatoms. The zero-order valence-electron chi connectivity index (χ0n) is 11.9. The lowest BCUT2D eigenvalue weighted by Crippen LogP contribution is -2.30. The molecule has 19 heavy (non-hydrogen) atoms. The topological polar surface area (TPSA) is 43.4 Å². The van der Waals surface area contributed by atoms with Gasteiger partial charge in [-0.25, -0.2) is 0 Å². The number of nitrogens with zero attached hydrogens (tertiary/aromatic N) is 1. The fourth-order valence-corrected chi connectivity index (χ4v) is 2.49. The first kappa shape index (κ1) is 14.3. The Morgan fingerprint density at radius 3 is 3.05 bits per heavy atom. The smallest absolute Gasteiger partial charge is 0.122 e. The third-order valence-corrected chi connectivity index (χ3v) is 3.53. The highest BCUT2D eigenvalue weighted by Gasteiger charge is 2.12. The molecule has 0 spiro atoms. The highest BCUT2D eigenvalue weighted by atomic mass is 16.5. The maximum Gasteiger partial charge on any atom is 0.122 e. The van der Waals surface area contributed by atoms with Gasteiger partial charge in [-0.05, 0) is 45.2 Å². The molecule has 2 heterocycles. The van der Waals surface area contributed by atoms with Gasteiger partial charge in [0.1, 0.15) is 5.75 Å². The van der Waals surface area contributed by atoms with Crippen LogP contribution < -0.4 is 10.1 Å². The number of ether oxygens (including phenoxy) is 2. The molecule has 1 aromatic rings. The first-order chi connectivity index (χ1) is 9.28. The molecule has 1 aromatic heterocycles. The predicted octanol–water partition coefficient (Wildman–Crippen LogP) is 2.30. The number of nitrogens with one attached hydrogen (secondary N) is 1. The molecule has 0 radical (unpaired) electrons. The van der Waals surface area contributed by atoms with E-state index in [-0.39, 0.29) is 0 Å². The predicted molar refractivity (Wildman–Crippen MR) is 75.4 cm³/mol. The van der Waals surface area contributed by atoms with Gasteiger partial charge in [-0.15, -0.1) is 0 Å². The summed E-state index contributed by atoms with van der Waals surface area (Å²) in [4.78, 5) is 4.45. The number of rotatable bonds is 6. The van der Waals surface area contributed by atoms with Crippen molar-refractivity contribution < 1.29 is 9.47 Å². The van der Waals surface area contributed by atoms with Gasteiger partial charge in [0.15, 0.2) is 0 Å². The molecule has 0 bridgehead atoms. The molecule has 1 aliphatic heterocycles. The third kappa shape index (κ3) is 4.80. The van der Waals surface area contributed by atoms with Crippen LogP contribution in [0.25, 0.3) is 0 Å². The number of pyridine rings is 1. The minimum atomic E-state index is 0.568. The minimum absolute atomic E-state index is 0.568. The van der Waals surface area contributed by atoms with E-state index < -0.39 is 0 Å². The Morgan fingerprint density at radius 2 is 2.32 bits per heavy atom. The second-order valence-corrected chi connectivity index (χ2v) is 5.19. The molecule has 1 atom stereocenters. The molecule has 1 N–H and O–H groups in total. The van der Waals surface area contributed by atoms with Crippen molar-refractivity contribution >= 4 is 0 Å². The summed E-state index contributed by atoms with van der Waals surface area (Å²) in [6.07, 6.45) is 3.75. The zero-order chi connectivity index (χ0) is 13.5. The van der Waals surface area contributed by atoms with E-state index in [1.165, 1.54) is 19.4 Å². The number of hydrogen-bond donors (Lipinski definition) is 1. The Kier molecular flexibility index (Phi) is 5.61. The van der Waals surface area contributed by atoms with E-state index in [2.05, 4.69) is 10.3 Å². The Labute approximate surface area is 115 Å². The Hall–Kier alpha value is -1.13. The minimum Gasteiger partial charge on any atom is -0.497 e. The molecule has 1 fully saturated rings. The summed E-state index contributed by atoms with van der Waals surface area (Å²) in [7, 11) is 1.68. The van der Waals surface area contributed by atoms with Gasteiger partial charge in [0, 0.05) is 24.4 Å². The highest BCUT2D eigenvalue weighted by Crippen LogP contribution is 2.16. The average Bonchev–Trinajstić information content (AvgIpc) is 2.44. The van der Waals surface area contributed by atoms with E-state index in [1.54, 1.807) is 7.11 Å². The van der Waals surface area contributed by atoms with Gasteiger partial charge in [0.25, 0.3) is 0 Å². The van der Waals surface area contributed by atoms with E-state index in [0.717, 1.165) is 42.6 Å². The van der Waals surface area contributed by atoms with Gasteiger partial charge in [-0.2, -0.15) is 0 Å². The number of aromatic nitrogens is 1. The largest absolute Gasteiger partial charge is 0.497 e. The molecule has 2 rings (SSSR count). The fourth-order valence-electron chi connectivity index (χ4n) is 2.49. The monoisotopic (exact) mass is 264 g/mol. The van der Waals surface area contributed by atoms with Crippen LogP contribution in [0.1, 0.15) is 30.7 Å². The van der Waals surface area contributed by atoms with Gasteiger partial charge >= 0.3 is 0 Å². The molecule has 0 amide bonds. The van der Waals surface area contributed by atoms with Gasteiger partial charge in [-0.3, -0.25) is 4.98 Å². The summed E-state index contributed by atoms with van der Waals surface area (Å²) in [6, 6.07) is 3.87. The number of methoxy groups -OCH3 is 1. The van der Waals surface area contributed by atoms with Crippen LogP contribution in [0.5, 0.6) is 5.75 Å². The summed E-state index contributed by atoms with van der Waals surface area (Å²) in [5.74, 6) is 1.62. The second-order valence-electron chi connectivity index (χ2n) is 5.19. The SMILES string of the molecule is COc1cc(C)nc(COCCC2CCCNC2)c1. The first-order valence-corrected chi connectivity index (χ1v) is 7.08. The molecule has 0 aliphatic carbocycles. The Bertz CT molecular complexity index is 390. The molecular formula is C15H24N2O2. The van der Waals surface area contributed by atoms with E-state index in [9.17, 15) is 0 Å². The van der Waals surface area contributed by atoms with Crippen molar-refractivity contribution in [2.75, 3.05) is 26.8 Å². The summed E-state index contributed by atoms with van der Waals surface area (Å²) in [5.41, 5.74) is 1.91. The lowest BCUT2D eigenvalue weighted by molar-refractivity contribution is 0.101. The maximum absolute atomic E-state index is 5.73. The van der Waals surface area contributed by atoms with E-state index >= 15 is 0 Å². The van der Waals surface area contributed by atoms with Crippen molar-refractivity contribution in [3.63, 3.8) is 0 Å². The lowest BCUT2D eigenvalue weighted by Gasteiger charge is -2.22. The average molecular weight is 264 g/mol. The van der Waals surface area contributed by atoms with E-state index in [1.807, 2.05) is 19.1 Å². The molecule has 106 valence electrons. The van der Waals surface area contributed by atoms with Crippen LogP contribution in [0.2, 0.25) is 0 Å². The number of piperidine rings is 1. The molecule has 1 aliphatic rings. The molecule has 0 aromatic carbocycles. The molecule has 1 unspecified atom stereocenters. The van der Waals surface area contributed by atoms with Crippen molar-refractivity contribution in [3.8, 4) is 5.75 Å². The second kappa shape index (κ2) is 7.46. The zero-order valence-corrected chi connectivity index (χ0v) is 11.9. The lowest BCUT2D eigenvalue weighted by atomic mass is 9.97. The van der Waals surface area contributed by atoms with Crippen LogP contribution in [0.4, 0.5) is 0 Å². The fraction of sp³-hybridized carbons (Fsp3) is 0.667. The van der Waals surface area contributed by atoms with Crippen LogP contribution in [-0.4, -0.2) is 31.8 Å². The van der Waals surface area contributed by atoms with Crippen molar-refractivity contribution in [3.05, 3.63) is 23.5 Å². The van der Waals surface area contributed by atoms with Crippen LogP contribution in [0.15, 0.2) is 12.1 Å². The number of hydrogen-bond acceptors (Lipinski definition) is 4. The van der Waals surface area contributed by atoms with Gasteiger partial charge in [0.2, 0.25) is 0 Å². The van der Waals surface area contributed by atoms with Crippen LogP contribution >= 0.6 is 0 Å². The van der Waals surface area contributed by atoms with Crippen LogP contribution in [0.3, 0.4) is 0 Å². The Balaban J connectivity index is 1.71. The first-order valence-electron chi connectivity index (χ1n) is 7.08.